The van der Waals surface area contributed by atoms with Crippen molar-refractivity contribution in [3.8, 4) is 0 Å². The summed E-state index contributed by atoms with van der Waals surface area (Å²) >= 11 is 0. The molecule has 1 rings (SSSR count). The summed E-state index contributed by atoms with van der Waals surface area (Å²) in [5.74, 6) is 0.841. The second-order valence-electron chi connectivity index (χ2n) is 5.32. The van der Waals surface area contributed by atoms with Crippen LogP contribution in [0, 0.1) is 5.92 Å². The fraction of sp³-hybridized carbons (Fsp3) is 0.800. The van der Waals surface area contributed by atoms with Gasteiger partial charge in [-0.05, 0) is 38.1 Å². The topological polar surface area (TPSA) is 29.9 Å². The molecule has 2 atom stereocenters. The fourth-order valence-electron chi connectivity index (χ4n) is 2.19. The normalized spacial score (nSPS) is 14.6. The highest BCUT2D eigenvalue weighted by molar-refractivity contribution is 4.74. The molecule has 1 heterocycles. The van der Waals surface area contributed by atoms with Crippen molar-refractivity contribution in [2.45, 2.75) is 65.5 Å². The zero-order valence-corrected chi connectivity index (χ0v) is 12.2. The number of nitrogens with one attached hydrogen (secondary N) is 1. The van der Waals surface area contributed by atoms with Gasteiger partial charge in [0.25, 0.3) is 0 Å². The first-order valence-corrected chi connectivity index (χ1v) is 7.45. The molecule has 0 bridgehead atoms. The van der Waals surface area contributed by atoms with Crippen molar-refractivity contribution in [1.29, 1.82) is 0 Å². The van der Waals surface area contributed by atoms with Crippen molar-refractivity contribution >= 4 is 0 Å². The number of hydrogen-bond donors (Lipinski definition) is 1. The van der Waals surface area contributed by atoms with Gasteiger partial charge in [0.15, 0.2) is 0 Å². The average Bonchev–Trinajstić information content (AvgIpc) is 2.89. The Morgan fingerprint density at radius 2 is 2.06 bits per heavy atom. The predicted molar refractivity (Wildman–Crippen MR) is 77.6 cm³/mol. The van der Waals surface area contributed by atoms with Crippen molar-refractivity contribution < 1.29 is 0 Å². The van der Waals surface area contributed by atoms with Gasteiger partial charge in [0.1, 0.15) is 0 Å². The largest absolute Gasteiger partial charge is 0.337 e. The molecule has 0 amide bonds. The zero-order valence-electron chi connectivity index (χ0n) is 12.2. The minimum atomic E-state index is 0.702. The Morgan fingerprint density at radius 3 is 2.67 bits per heavy atom. The van der Waals surface area contributed by atoms with Crippen LogP contribution in [0.4, 0.5) is 0 Å². The Kier molecular flexibility index (Phi) is 7.74. The molecule has 18 heavy (non-hydrogen) atoms. The third kappa shape index (κ3) is 6.20. The van der Waals surface area contributed by atoms with E-state index in [1.54, 1.807) is 0 Å². The Hall–Kier alpha value is -0.830. The van der Waals surface area contributed by atoms with Gasteiger partial charge in [0.05, 0.1) is 6.33 Å². The Morgan fingerprint density at radius 1 is 1.22 bits per heavy atom. The predicted octanol–water partition coefficient (Wildman–Crippen LogP) is 3.47. The van der Waals surface area contributed by atoms with Gasteiger partial charge in [-0.2, -0.15) is 0 Å². The summed E-state index contributed by atoms with van der Waals surface area (Å²) in [5.41, 5.74) is 0. The lowest BCUT2D eigenvalue weighted by Crippen LogP contribution is -2.31. The lowest BCUT2D eigenvalue weighted by atomic mass is 9.98. The molecule has 0 fully saturated rings. The highest BCUT2D eigenvalue weighted by atomic mass is 15.0. The second kappa shape index (κ2) is 9.15. The number of hydrogen-bond acceptors (Lipinski definition) is 2. The maximum Gasteiger partial charge on any atom is 0.0945 e. The van der Waals surface area contributed by atoms with Gasteiger partial charge >= 0.3 is 0 Å². The van der Waals surface area contributed by atoms with E-state index in [0.717, 1.165) is 19.0 Å². The van der Waals surface area contributed by atoms with Gasteiger partial charge in [-0.15, -0.1) is 0 Å². The zero-order chi connectivity index (χ0) is 13.2. The summed E-state index contributed by atoms with van der Waals surface area (Å²) in [5, 5.41) is 3.69. The van der Waals surface area contributed by atoms with E-state index in [-0.39, 0.29) is 0 Å². The molecule has 1 N–H and O–H groups in total. The molecule has 2 unspecified atom stereocenters. The van der Waals surface area contributed by atoms with Gasteiger partial charge < -0.3 is 9.88 Å². The SMILES string of the molecule is CCC(C)CC(CC)NCCCCn1ccnc1. The van der Waals surface area contributed by atoms with Crippen LogP contribution in [-0.4, -0.2) is 22.1 Å². The summed E-state index contributed by atoms with van der Waals surface area (Å²) in [7, 11) is 0. The van der Waals surface area contributed by atoms with Gasteiger partial charge in [0.2, 0.25) is 0 Å². The lowest BCUT2D eigenvalue weighted by molar-refractivity contribution is 0.380. The average molecular weight is 251 g/mol. The molecule has 0 aliphatic carbocycles. The highest BCUT2D eigenvalue weighted by Crippen LogP contribution is 2.11. The van der Waals surface area contributed by atoms with E-state index in [1.165, 1.54) is 32.1 Å². The van der Waals surface area contributed by atoms with Crippen molar-refractivity contribution in [2.75, 3.05) is 6.54 Å². The minimum absolute atomic E-state index is 0.702. The Bertz CT molecular complexity index is 282. The van der Waals surface area contributed by atoms with Crippen LogP contribution in [0.1, 0.15) is 52.9 Å². The first-order chi connectivity index (χ1) is 8.76. The molecule has 104 valence electrons. The fourth-order valence-corrected chi connectivity index (χ4v) is 2.19. The quantitative estimate of drug-likeness (QED) is 0.645. The van der Waals surface area contributed by atoms with Gasteiger partial charge in [0, 0.05) is 25.0 Å². The maximum atomic E-state index is 4.05. The van der Waals surface area contributed by atoms with Crippen molar-refractivity contribution in [3.05, 3.63) is 18.7 Å². The summed E-state index contributed by atoms with van der Waals surface area (Å²) < 4.78 is 2.15. The molecule has 3 heteroatoms. The van der Waals surface area contributed by atoms with E-state index in [1.807, 2.05) is 18.7 Å². The molecule has 0 spiro atoms. The molecule has 0 saturated heterocycles. The Balaban J connectivity index is 2.04. The third-order valence-electron chi connectivity index (χ3n) is 3.71. The van der Waals surface area contributed by atoms with Crippen LogP contribution >= 0.6 is 0 Å². The monoisotopic (exact) mass is 251 g/mol. The van der Waals surface area contributed by atoms with E-state index in [2.05, 4.69) is 35.6 Å². The minimum Gasteiger partial charge on any atom is -0.337 e. The number of unbranched alkanes of at least 4 members (excludes halogenated alkanes) is 1. The summed E-state index contributed by atoms with van der Waals surface area (Å²) in [6.07, 6.45) is 12.1. The summed E-state index contributed by atoms with van der Waals surface area (Å²) in [4.78, 5) is 4.05. The number of rotatable bonds is 10. The van der Waals surface area contributed by atoms with Crippen LogP contribution in [0.2, 0.25) is 0 Å². The van der Waals surface area contributed by atoms with E-state index in [9.17, 15) is 0 Å². The molecular weight excluding hydrogens is 222 g/mol. The van der Waals surface area contributed by atoms with E-state index in [4.69, 9.17) is 0 Å². The van der Waals surface area contributed by atoms with Crippen LogP contribution in [0.25, 0.3) is 0 Å². The third-order valence-corrected chi connectivity index (χ3v) is 3.71. The van der Waals surface area contributed by atoms with Crippen molar-refractivity contribution in [3.63, 3.8) is 0 Å². The van der Waals surface area contributed by atoms with Crippen LogP contribution in [0.3, 0.4) is 0 Å². The number of nitrogens with zero attached hydrogens (tertiary/aromatic N) is 2. The van der Waals surface area contributed by atoms with E-state index >= 15 is 0 Å². The van der Waals surface area contributed by atoms with Crippen molar-refractivity contribution in [2.24, 2.45) is 5.92 Å². The number of aromatic nitrogens is 2. The number of aryl methyl sites for hydroxylation is 1. The molecule has 1 aromatic rings. The first kappa shape index (κ1) is 15.2. The summed E-state index contributed by atoms with van der Waals surface area (Å²) in [6.45, 7) is 9.14. The number of imidazole rings is 1. The standard InChI is InChI=1S/C15H29N3/c1-4-14(3)12-15(5-2)17-8-6-7-10-18-11-9-16-13-18/h9,11,13-15,17H,4-8,10,12H2,1-3H3. The van der Waals surface area contributed by atoms with E-state index in [0.29, 0.717) is 6.04 Å². The molecule has 0 aliphatic rings. The van der Waals surface area contributed by atoms with Crippen molar-refractivity contribution in [1.82, 2.24) is 14.9 Å². The van der Waals surface area contributed by atoms with Gasteiger partial charge in [-0.3, -0.25) is 0 Å². The molecular formula is C15H29N3. The molecule has 0 saturated carbocycles. The van der Waals surface area contributed by atoms with Crippen LogP contribution in [0.15, 0.2) is 18.7 Å². The lowest BCUT2D eigenvalue weighted by Gasteiger charge is -2.20. The summed E-state index contributed by atoms with van der Waals surface area (Å²) in [6, 6.07) is 0.702. The van der Waals surface area contributed by atoms with Crippen LogP contribution < -0.4 is 5.32 Å². The van der Waals surface area contributed by atoms with E-state index < -0.39 is 0 Å². The highest BCUT2D eigenvalue weighted by Gasteiger charge is 2.08. The second-order valence-corrected chi connectivity index (χ2v) is 5.32. The molecule has 3 nitrogen and oxygen atoms in total. The first-order valence-electron chi connectivity index (χ1n) is 7.45. The van der Waals surface area contributed by atoms with Crippen LogP contribution in [-0.2, 0) is 6.54 Å². The molecule has 0 aliphatic heterocycles. The molecule has 1 aromatic heterocycles. The van der Waals surface area contributed by atoms with Crippen LogP contribution in [0.5, 0.6) is 0 Å². The smallest absolute Gasteiger partial charge is 0.0945 e. The maximum absolute atomic E-state index is 4.05. The van der Waals surface area contributed by atoms with Gasteiger partial charge in [-0.25, -0.2) is 4.98 Å². The Labute approximate surface area is 112 Å². The molecule has 0 radical (unpaired) electrons. The molecule has 0 aromatic carbocycles. The van der Waals surface area contributed by atoms with Gasteiger partial charge in [-0.1, -0.05) is 27.2 Å².